The lowest BCUT2D eigenvalue weighted by Gasteiger charge is -2.30. The average molecular weight is 261 g/mol. The van der Waals surface area contributed by atoms with Crippen molar-refractivity contribution < 1.29 is 19.1 Å². The lowest BCUT2D eigenvalue weighted by atomic mass is 9.88. The van der Waals surface area contributed by atoms with E-state index < -0.39 is 29.1 Å². The Morgan fingerprint density at radius 3 is 2.18 bits per heavy atom. The molecule has 5 nitrogen and oxygen atoms in total. The van der Waals surface area contributed by atoms with Crippen LogP contribution in [0.1, 0.15) is 27.7 Å². The summed E-state index contributed by atoms with van der Waals surface area (Å²) >= 11 is 4.01. The summed E-state index contributed by atoms with van der Waals surface area (Å²) in [4.78, 5) is 35.1. The summed E-state index contributed by atoms with van der Waals surface area (Å²) in [7, 11) is 0. The Labute approximate surface area is 107 Å². The number of hydrogen-bond acceptors (Lipinski definition) is 5. The van der Waals surface area contributed by atoms with Gasteiger partial charge in [0.05, 0.1) is 6.61 Å². The highest BCUT2D eigenvalue weighted by molar-refractivity contribution is 7.80. The molecule has 0 radical (unpaired) electrons. The largest absolute Gasteiger partial charge is 0.464 e. The summed E-state index contributed by atoms with van der Waals surface area (Å²) < 4.78 is 4.85. The van der Waals surface area contributed by atoms with Crippen molar-refractivity contribution in [3.8, 4) is 0 Å². The Kier molecular flexibility index (Phi) is 6.23. The van der Waals surface area contributed by atoms with E-state index in [2.05, 4.69) is 17.9 Å². The maximum Gasteiger partial charge on any atom is 0.340 e. The van der Waals surface area contributed by atoms with Gasteiger partial charge in [0.2, 0.25) is 11.4 Å². The van der Waals surface area contributed by atoms with Crippen molar-refractivity contribution in [2.75, 3.05) is 12.4 Å². The molecule has 17 heavy (non-hydrogen) atoms. The number of hydrogen-bond donors (Lipinski definition) is 2. The number of ether oxygens (including phenoxy) is 1. The molecule has 1 atom stereocenters. The molecule has 0 saturated carbocycles. The molecule has 0 aliphatic rings. The molecular formula is C11H19NO4S. The molecule has 0 heterocycles. The standard InChI is InChI=1S/C11H19NO4S/c1-5-16-10(15)11(6-17,12-8(4)13)9(14)7(2)3/h7,17H,5-6H2,1-4H3,(H,12,13)/t11-/m1/s1. The molecule has 0 aliphatic heterocycles. The number of amides is 1. The molecule has 0 rings (SSSR count). The fourth-order valence-corrected chi connectivity index (χ4v) is 1.81. The number of Topliss-reactive ketones (excluding diaryl/α,β-unsaturated/α-hetero) is 1. The van der Waals surface area contributed by atoms with E-state index in [4.69, 9.17) is 4.74 Å². The van der Waals surface area contributed by atoms with Crippen molar-refractivity contribution in [1.29, 1.82) is 0 Å². The van der Waals surface area contributed by atoms with E-state index in [1.54, 1.807) is 20.8 Å². The smallest absolute Gasteiger partial charge is 0.340 e. The SMILES string of the molecule is CCOC(=O)[C@](CS)(NC(C)=O)C(=O)C(C)C. The maximum atomic E-state index is 12.1. The van der Waals surface area contributed by atoms with Gasteiger partial charge in [-0.2, -0.15) is 12.6 Å². The summed E-state index contributed by atoms with van der Waals surface area (Å²) in [5, 5.41) is 2.37. The molecule has 0 saturated heterocycles. The Hall–Kier alpha value is -1.04. The van der Waals surface area contributed by atoms with Gasteiger partial charge in [-0.05, 0) is 6.92 Å². The van der Waals surface area contributed by atoms with Crippen LogP contribution in [0.25, 0.3) is 0 Å². The van der Waals surface area contributed by atoms with Gasteiger partial charge in [-0.3, -0.25) is 9.59 Å². The first-order valence-electron chi connectivity index (χ1n) is 5.43. The van der Waals surface area contributed by atoms with E-state index in [1.165, 1.54) is 6.92 Å². The third-order valence-electron chi connectivity index (χ3n) is 2.20. The second-order valence-corrected chi connectivity index (χ2v) is 4.30. The van der Waals surface area contributed by atoms with Gasteiger partial charge in [0, 0.05) is 18.6 Å². The number of ketones is 1. The summed E-state index contributed by atoms with van der Waals surface area (Å²) in [6.07, 6.45) is 0. The summed E-state index contributed by atoms with van der Waals surface area (Å²) in [6, 6.07) is 0. The molecule has 0 aliphatic carbocycles. The summed E-state index contributed by atoms with van der Waals surface area (Å²) in [5.41, 5.74) is -1.68. The van der Waals surface area contributed by atoms with E-state index in [0.29, 0.717) is 0 Å². The first kappa shape index (κ1) is 16.0. The predicted molar refractivity (Wildman–Crippen MR) is 66.9 cm³/mol. The topological polar surface area (TPSA) is 72.5 Å². The number of carbonyl (C=O) groups is 3. The van der Waals surface area contributed by atoms with Crippen molar-refractivity contribution in [1.82, 2.24) is 5.32 Å². The normalized spacial score (nSPS) is 14.0. The maximum absolute atomic E-state index is 12.1. The molecule has 0 aromatic heterocycles. The van der Waals surface area contributed by atoms with Gasteiger partial charge in [-0.1, -0.05) is 13.8 Å². The van der Waals surface area contributed by atoms with Gasteiger partial charge in [-0.25, -0.2) is 4.79 Å². The quantitative estimate of drug-likeness (QED) is 0.417. The second kappa shape index (κ2) is 6.64. The Morgan fingerprint density at radius 1 is 1.35 bits per heavy atom. The highest BCUT2D eigenvalue weighted by Gasteiger charge is 2.47. The van der Waals surface area contributed by atoms with E-state index in [1.807, 2.05) is 0 Å². The van der Waals surface area contributed by atoms with Crippen molar-refractivity contribution in [3.05, 3.63) is 0 Å². The van der Waals surface area contributed by atoms with Gasteiger partial charge in [0.1, 0.15) is 0 Å². The summed E-state index contributed by atoms with van der Waals surface area (Å²) in [5.74, 6) is -2.16. The van der Waals surface area contributed by atoms with Crippen LogP contribution in [0.3, 0.4) is 0 Å². The zero-order valence-corrected chi connectivity index (χ0v) is 11.5. The van der Waals surface area contributed by atoms with E-state index in [-0.39, 0.29) is 12.4 Å². The Bertz CT molecular complexity index is 317. The molecule has 98 valence electrons. The third kappa shape index (κ3) is 3.73. The average Bonchev–Trinajstić information content (AvgIpc) is 2.24. The van der Waals surface area contributed by atoms with Gasteiger partial charge in [0.15, 0.2) is 5.78 Å². The monoisotopic (exact) mass is 261 g/mol. The minimum atomic E-state index is -1.68. The van der Waals surface area contributed by atoms with Crippen LogP contribution in [0.5, 0.6) is 0 Å². The van der Waals surface area contributed by atoms with Crippen LogP contribution in [0.2, 0.25) is 0 Å². The number of thiol groups is 1. The lowest BCUT2D eigenvalue weighted by molar-refractivity contribution is -0.157. The number of carbonyl (C=O) groups excluding carboxylic acids is 3. The minimum absolute atomic E-state index is 0.123. The molecule has 0 unspecified atom stereocenters. The van der Waals surface area contributed by atoms with Crippen LogP contribution in [0, 0.1) is 5.92 Å². The molecule has 0 aromatic carbocycles. The van der Waals surface area contributed by atoms with Crippen molar-refractivity contribution in [3.63, 3.8) is 0 Å². The molecule has 1 amide bonds. The van der Waals surface area contributed by atoms with Gasteiger partial charge in [-0.15, -0.1) is 0 Å². The van der Waals surface area contributed by atoms with Crippen LogP contribution in [-0.4, -0.2) is 35.6 Å². The van der Waals surface area contributed by atoms with Crippen molar-refractivity contribution >= 4 is 30.3 Å². The van der Waals surface area contributed by atoms with Gasteiger partial charge >= 0.3 is 5.97 Å². The second-order valence-electron chi connectivity index (χ2n) is 3.98. The van der Waals surface area contributed by atoms with Crippen LogP contribution in [0.15, 0.2) is 0 Å². The first-order valence-corrected chi connectivity index (χ1v) is 6.06. The van der Waals surface area contributed by atoms with E-state index in [9.17, 15) is 14.4 Å². The van der Waals surface area contributed by atoms with Crippen molar-refractivity contribution in [2.24, 2.45) is 5.92 Å². The molecule has 0 aromatic rings. The lowest BCUT2D eigenvalue weighted by Crippen LogP contribution is -2.63. The fourth-order valence-electron chi connectivity index (χ4n) is 1.44. The van der Waals surface area contributed by atoms with Gasteiger partial charge < -0.3 is 10.1 Å². The number of esters is 1. The van der Waals surface area contributed by atoms with E-state index >= 15 is 0 Å². The molecular weight excluding hydrogens is 242 g/mol. The Morgan fingerprint density at radius 2 is 1.88 bits per heavy atom. The number of rotatable bonds is 6. The van der Waals surface area contributed by atoms with Crippen LogP contribution < -0.4 is 5.32 Å². The number of nitrogens with one attached hydrogen (secondary N) is 1. The molecule has 6 heteroatoms. The first-order chi connectivity index (χ1) is 7.81. The zero-order chi connectivity index (χ0) is 13.6. The minimum Gasteiger partial charge on any atom is -0.464 e. The van der Waals surface area contributed by atoms with Gasteiger partial charge in [0.25, 0.3) is 0 Å². The highest BCUT2D eigenvalue weighted by atomic mass is 32.1. The zero-order valence-electron chi connectivity index (χ0n) is 10.6. The predicted octanol–water partition coefficient (Wildman–Crippen LogP) is 0.579. The van der Waals surface area contributed by atoms with Crippen LogP contribution >= 0.6 is 12.6 Å². The summed E-state index contributed by atoms with van der Waals surface area (Å²) in [6.45, 7) is 6.32. The Balaban J connectivity index is 5.35. The fraction of sp³-hybridized carbons (Fsp3) is 0.727. The van der Waals surface area contributed by atoms with E-state index in [0.717, 1.165) is 0 Å². The van der Waals surface area contributed by atoms with Crippen molar-refractivity contribution in [2.45, 2.75) is 33.2 Å². The molecule has 0 spiro atoms. The van der Waals surface area contributed by atoms with Crippen LogP contribution in [-0.2, 0) is 19.1 Å². The highest BCUT2D eigenvalue weighted by Crippen LogP contribution is 2.17. The third-order valence-corrected chi connectivity index (χ3v) is 2.67. The van der Waals surface area contributed by atoms with Crippen LogP contribution in [0.4, 0.5) is 0 Å². The molecule has 0 bridgehead atoms. The molecule has 1 N–H and O–H groups in total. The molecule has 0 fully saturated rings.